The fourth-order valence-electron chi connectivity index (χ4n) is 5.68. The van der Waals surface area contributed by atoms with Gasteiger partial charge in [-0.2, -0.15) is 0 Å². The van der Waals surface area contributed by atoms with Crippen LogP contribution in [0.15, 0.2) is 24.3 Å². The highest BCUT2D eigenvalue weighted by molar-refractivity contribution is 5.62. The van der Waals surface area contributed by atoms with Crippen molar-refractivity contribution >= 4 is 11.4 Å². The Balaban J connectivity index is 2.55. The monoisotopic (exact) mass is 452 g/mol. The molecular formula is C30H48N2O. The van der Waals surface area contributed by atoms with E-state index < -0.39 is 0 Å². The molecule has 0 aliphatic rings. The molecule has 0 spiro atoms. The van der Waals surface area contributed by atoms with Crippen LogP contribution in [0.2, 0.25) is 0 Å². The molecule has 0 aliphatic heterocycles. The standard InChI is InChI=1S/C30H48N2O/c1-19-20(13-22(15-24(19)31)29(8,9)17-27(2,3)4)12-21-14-23(16-25(32)26(21)33)30(10,11)18-28(5,6)7/h13-16,33H,12,17-18,31-32H2,1-11H3. The molecule has 0 aliphatic carbocycles. The van der Waals surface area contributed by atoms with Gasteiger partial charge in [0.05, 0.1) is 5.69 Å². The number of hydrogen-bond donors (Lipinski definition) is 3. The molecule has 0 radical (unpaired) electrons. The molecule has 3 heteroatoms. The van der Waals surface area contributed by atoms with Crippen LogP contribution in [0.3, 0.4) is 0 Å². The molecule has 0 atom stereocenters. The zero-order valence-corrected chi connectivity index (χ0v) is 23.0. The minimum absolute atomic E-state index is 0.00750. The van der Waals surface area contributed by atoms with E-state index in [0.717, 1.165) is 40.8 Å². The summed E-state index contributed by atoms with van der Waals surface area (Å²) in [7, 11) is 0. The maximum Gasteiger partial charge on any atom is 0.142 e. The van der Waals surface area contributed by atoms with Crippen molar-refractivity contribution in [1.29, 1.82) is 0 Å². The van der Waals surface area contributed by atoms with Crippen molar-refractivity contribution in [2.24, 2.45) is 10.8 Å². The first-order valence-electron chi connectivity index (χ1n) is 12.2. The molecule has 2 aromatic carbocycles. The summed E-state index contributed by atoms with van der Waals surface area (Å²) in [6.07, 6.45) is 2.67. The molecule has 0 bridgehead atoms. The summed E-state index contributed by atoms with van der Waals surface area (Å²) < 4.78 is 0. The van der Waals surface area contributed by atoms with Gasteiger partial charge in [0.2, 0.25) is 0 Å². The van der Waals surface area contributed by atoms with Gasteiger partial charge in [-0.1, -0.05) is 81.4 Å². The Hall–Kier alpha value is -2.16. The average Bonchev–Trinajstić information content (AvgIpc) is 2.58. The van der Waals surface area contributed by atoms with Crippen LogP contribution < -0.4 is 11.5 Å². The Labute approximate surface area is 203 Å². The molecular weight excluding hydrogens is 404 g/mol. The number of phenolic OH excluding ortho intramolecular Hbond substituents is 1. The third kappa shape index (κ3) is 6.91. The molecule has 2 rings (SSSR count). The summed E-state index contributed by atoms with van der Waals surface area (Å²) in [5, 5.41) is 10.9. The molecule has 0 saturated heterocycles. The molecule has 2 aromatic rings. The van der Waals surface area contributed by atoms with Crippen LogP contribution in [0.4, 0.5) is 11.4 Å². The number of phenols is 1. The van der Waals surface area contributed by atoms with E-state index in [-0.39, 0.29) is 27.4 Å². The number of hydrogen-bond acceptors (Lipinski definition) is 3. The van der Waals surface area contributed by atoms with Crippen molar-refractivity contribution in [3.63, 3.8) is 0 Å². The first kappa shape index (κ1) is 27.1. The van der Waals surface area contributed by atoms with Crippen LogP contribution in [-0.2, 0) is 17.3 Å². The quantitative estimate of drug-likeness (QED) is 0.308. The second-order valence-electron chi connectivity index (χ2n) is 13.8. The van der Waals surface area contributed by atoms with E-state index in [0.29, 0.717) is 12.1 Å². The second kappa shape index (κ2) is 8.89. The Morgan fingerprint density at radius 3 is 1.45 bits per heavy atom. The minimum atomic E-state index is -0.0561. The van der Waals surface area contributed by atoms with Crippen molar-refractivity contribution in [3.8, 4) is 5.75 Å². The molecule has 0 aromatic heterocycles. The van der Waals surface area contributed by atoms with Crippen LogP contribution in [-0.4, -0.2) is 5.11 Å². The first-order chi connectivity index (χ1) is 14.7. The lowest BCUT2D eigenvalue weighted by molar-refractivity contribution is 0.283. The Morgan fingerprint density at radius 1 is 0.636 bits per heavy atom. The van der Waals surface area contributed by atoms with Gasteiger partial charge in [0.25, 0.3) is 0 Å². The minimum Gasteiger partial charge on any atom is -0.505 e. The number of nitrogens with two attached hydrogens (primary N) is 2. The predicted molar refractivity (Wildman–Crippen MR) is 145 cm³/mol. The normalized spacial score (nSPS) is 13.4. The van der Waals surface area contributed by atoms with Gasteiger partial charge >= 0.3 is 0 Å². The van der Waals surface area contributed by atoms with Gasteiger partial charge in [0, 0.05) is 17.7 Å². The molecule has 184 valence electrons. The number of rotatable bonds is 6. The SMILES string of the molecule is Cc1c(N)cc(C(C)(C)CC(C)(C)C)cc1Cc1cc(C(C)(C)CC(C)(C)C)cc(N)c1O. The van der Waals surface area contributed by atoms with E-state index in [9.17, 15) is 5.11 Å². The number of aromatic hydroxyl groups is 1. The van der Waals surface area contributed by atoms with Crippen molar-refractivity contribution in [1.82, 2.24) is 0 Å². The Kier molecular flexibility index (Phi) is 7.30. The summed E-state index contributed by atoms with van der Waals surface area (Å²) in [5.74, 6) is 0.183. The third-order valence-corrected chi connectivity index (χ3v) is 6.66. The van der Waals surface area contributed by atoms with Crippen molar-refractivity contribution in [2.75, 3.05) is 11.5 Å². The highest BCUT2D eigenvalue weighted by atomic mass is 16.3. The summed E-state index contributed by atoms with van der Waals surface area (Å²) >= 11 is 0. The Bertz CT molecular complexity index is 920. The van der Waals surface area contributed by atoms with E-state index >= 15 is 0 Å². The van der Waals surface area contributed by atoms with E-state index in [1.807, 2.05) is 6.07 Å². The zero-order chi connectivity index (χ0) is 25.6. The predicted octanol–water partition coefficient (Wildman–Crippen LogP) is 7.88. The smallest absolute Gasteiger partial charge is 0.142 e. The van der Waals surface area contributed by atoms with Crippen LogP contribution in [0.25, 0.3) is 0 Å². The molecule has 33 heavy (non-hydrogen) atoms. The van der Waals surface area contributed by atoms with Gasteiger partial charge < -0.3 is 16.6 Å². The van der Waals surface area contributed by atoms with Gasteiger partial charge in [0.1, 0.15) is 5.75 Å². The fraction of sp³-hybridized carbons (Fsp3) is 0.600. The lowest BCUT2D eigenvalue weighted by atomic mass is 9.71. The summed E-state index contributed by atoms with van der Waals surface area (Å²) in [4.78, 5) is 0. The third-order valence-electron chi connectivity index (χ3n) is 6.66. The average molecular weight is 453 g/mol. The van der Waals surface area contributed by atoms with Crippen molar-refractivity contribution < 1.29 is 5.11 Å². The van der Waals surface area contributed by atoms with Crippen LogP contribution in [0.1, 0.15) is 110 Å². The summed E-state index contributed by atoms with van der Waals surface area (Å²) in [6.45, 7) is 24.8. The van der Waals surface area contributed by atoms with Crippen molar-refractivity contribution in [2.45, 2.75) is 106 Å². The topological polar surface area (TPSA) is 72.3 Å². The first-order valence-corrected chi connectivity index (χ1v) is 12.2. The van der Waals surface area contributed by atoms with Crippen LogP contribution in [0.5, 0.6) is 5.75 Å². The number of anilines is 2. The molecule has 0 unspecified atom stereocenters. The summed E-state index contributed by atoms with van der Waals surface area (Å²) in [5.41, 5.74) is 19.9. The van der Waals surface area contributed by atoms with Crippen LogP contribution >= 0.6 is 0 Å². The Morgan fingerprint density at radius 2 is 1.03 bits per heavy atom. The van der Waals surface area contributed by atoms with E-state index in [2.05, 4.69) is 94.4 Å². The summed E-state index contributed by atoms with van der Waals surface area (Å²) in [6, 6.07) is 8.48. The van der Waals surface area contributed by atoms with E-state index in [1.54, 1.807) is 0 Å². The molecule has 0 saturated carbocycles. The zero-order valence-electron chi connectivity index (χ0n) is 23.0. The second-order valence-corrected chi connectivity index (χ2v) is 13.8. The molecule has 0 heterocycles. The fourth-order valence-corrected chi connectivity index (χ4v) is 5.68. The van der Waals surface area contributed by atoms with Gasteiger partial charge in [-0.25, -0.2) is 0 Å². The molecule has 3 nitrogen and oxygen atoms in total. The number of benzene rings is 2. The van der Waals surface area contributed by atoms with Gasteiger partial charge in [0.15, 0.2) is 0 Å². The van der Waals surface area contributed by atoms with Gasteiger partial charge in [-0.05, 0) is 75.8 Å². The molecule has 5 N–H and O–H groups in total. The largest absolute Gasteiger partial charge is 0.505 e. The van der Waals surface area contributed by atoms with E-state index in [4.69, 9.17) is 11.5 Å². The maximum absolute atomic E-state index is 10.9. The van der Waals surface area contributed by atoms with Gasteiger partial charge in [-0.3, -0.25) is 0 Å². The van der Waals surface area contributed by atoms with Crippen LogP contribution in [0, 0.1) is 17.8 Å². The van der Waals surface area contributed by atoms with E-state index in [1.165, 1.54) is 5.56 Å². The lowest BCUT2D eigenvalue weighted by Crippen LogP contribution is -2.25. The lowest BCUT2D eigenvalue weighted by Gasteiger charge is -2.34. The molecule has 0 fully saturated rings. The maximum atomic E-state index is 10.9. The molecule has 0 amide bonds. The highest BCUT2D eigenvalue weighted by Crippen LogP contribution is 2.42. The highest BCUT2D eigenvalue weighted by Gasteiger charge is 2.30. The van der Waals surface area contributed by atoms with Crippen molar-refractivity contribution in [3.05, 3.63) is 52.1 Å². The number of nitrogen functional groups attached to an aromatic ring is 2. The van der Waals surface area contributed by atoms with Gasteiger partial charge in [-0.15, -0.1) is 0 Å².